The van der Waals surface area contributed by atoms with Crippen molar-refractivity contribution in [3.05, 3.63) is 76.8 Å². The van der Waals surface area contributed by atoms with Gasteiger partial charge in [-0.15, -0.1) is 11.3 Å². The Hall–Kier alpha value is -2.97. The van der Waals surface area contributed by atoms with Crippen LogP contribution in [-0.4, -0.2) is 9.97 Å². The first kappa shape index (κ1) is 14.6. The van der Waals surface area contributed by atoms with Gasteiger partial charge in [0.2, 0.25) is 0 Å². The van der Waals surface area contributed by atoms with Crippen LogP contribution in [0.4, 0.5) is 8.78 Å². The van der Waals surface area contributed by atoms with Crippen molar-refractivity contribution in [3.8, 4) is 23.1 Å². The fourth-order valence-corrected chi connectivity index (χ4v) is 3.13. The molecule has 0 saturated carbocycles. The molecule has 24 heavy (non-hydrogen) atoms. The van der Waals surface area contributed by atoms with Gasteiger partial charge in [0.05, 0.1) is 4.70 Å². The summed E-state index contributed by atoms with van der Waals surface area (Å²) in [5.41, 5.74) is 3.28. The smallest absolute Gasteiger partial charge is 0.170 e. The van der Waals surface area contributed by atoms with Crippen molar-refractivity contribution in [1.29, 1.82) is 0 Å². The van der Waals surface area contributed by atoms with E-state index in [0.717, 1.165) is 27.2 Å². The Morgan fingerprint density at radius 1 is 0.875 bits per heavy atom. The molecule has 1 N–H and O–H groups in total. The fourth-order valence-electron chi connectivity index (χ4n) is 2.31. The van der Waals surface area contributed by atoms with Gasteiger partial charge in [-0.25, -0.2) is 13.8 Å². The Bertz CT molecular complexity index is 1030. The quantitative estimate of drug-likeness (QED) is 0.489. The summed E-state index contributed by atoms with van der Waals surface area (Å²) in [6.45, 7) is 0. The SMILES string of the molecule is Fc1ccc(C#Cc2nc3[nH]c(-c4ccc(F)cc4)cc3s2)cc1. The monoisotopic (exact) mass is 336 g/mol. The lowest BCUT2D eigenvalue weighted by molar-refractivity contribution is 0.627. The van der Waals surface area contributed by atoms with E-state index in [1.165, 1.54) is 35.6 Å². The summed E-state index contributed by atoms with van der Waals surface area (Å²) in [6, 6.07) is 14.3. The maximum atomic E-state index is 13.0. The molecule has 0 amide bonds. The molecular formula is C19H10F2N2S. The van der Waals surface area contributed by atoms with E-state index in [-0.39, 0.29) is 11.6 Å². The standard InChI is InChI=1S/C19H10F2N2S/c20-14-6-1-12(2-7-14)3-10-18-23-19-17(24-18)11-16(22-19)13-4-8-15(21)9-5-13/h1-2,4-9,11,22H. The number of thiazole rings is 1. The summed E-state index contributed by atoms with van der Waals surface area (Å²) in [5, 5.41) is 0.686. The Morgan fingerprint density at radius 3 is 2.21 bits per heavy atom. The first-order valence-corrected chi connectivity index (χ1v) is 8.02. The molecule has 0 fully saturated rings. The molecular weight excluding hydrogens is 326 g/mol. The lowest BCUT2D eigenvalue weighted by Gasteiger charge is -1.96. The van der Waals surface area contributed by atoms with Crippen LogP contribution >= 0.6 is 11.3 Å². The average molecular weight is 336 g/mol. The second-order valence-corrected chi connectivity index (χ2v) is 6.21. The lowest BCUT2D eigenvalue weighted by atomic mass is 10.1. The number of H-pyrrole nitrogens is 1. The van der Waals surface area contributed by atoms with Crippen LogP contribution in [-0.2, 0) is 0 Å². The minimum absolute atomic E-state index is 0.261. The van der Waals surface area contributed by atoms with Crippen molar-refractivity contribution >= 4 is 21.7 Å². The normalized spacial score (nSPS) is 10.6. The number of hydrogen-bond acceptors (Lipinski definition) is 2. The van der Waals surface area contributed by atoms with E-state index in [2.05, 4.69) is 21.8 Å². The second kappa shape index (κ2) is 5.91. The number of halogens is 2. The fraction of sp³-hybridized carbons (Fsp3) is 0. The number of nitrogens with one attached hydrogen (secondary N) is 1. The van der Waals surface area contributed by atoms with Crippen LogP contribution in [0.3, 0.4) is 0 Å². The van der Waals surface area contributed by atoms with Crippen molar-refractivity contribution < 1.29 is 8.78 Å². The molecule has 0 bridgehead atoms. The first-order chi connectivity index (χ1) is 11.7. The van der Waals surface area contributed by atoms with Gasteiger partial charge in [0.15, 0.2) is 5.01 Å². The number of nitrogens with zero attached hydrogens (tertiary/aromatic N) is 1. The predicted octanol–water partition coefficient (Wildman–Crippen LogP) is 4.97. The average Bonchev–Trinajstić information content (AvgIpc) is 3.13. The van der Waals surface area contributed by atoms with Crippen LogP contribution in [0.25, 0.3) is 21.6 Å². The van der Waals surface area contributed by atoms with Gasteiger partial charge in [0, 0.05) is 11.3 Å². The molecule has 0 radical (unpaired) electrons. The third-order valence-electron chi connectivity index (χ3n) is 3.50. The highest BCUT2D eigenvalue weighted by Crippen LogP contribution is 2.28. The van der Waals surface area contributed by atoms with Gasteiger partial charge in [0.25, 0.3) is 0 Å². The van der Waals surface area contributed by atoms with Gasteiger partial charge in [-0.1, -0.05) is 5.92 Å². The molecule has 0 spiro atoms. The number of aromatic nitrogens is 2. The molecule has 116 valence electrons. The molecule has 0 atom stereocenters. The minimum Gasteiger partial charge on any atom is -0.338 e. The van der Waals surface area contributed by atoms with Crippen LogP contribution in [0.5, 0.6) is 0 Å². The maximum absolute atomic E-state index is 13.0. The number of rotatable bonds is 1. The van der Waals surface area contributed by atoms with Crippen molar-refractivity contribution in [2.24, 2.45) is 0 Å². The summed E-state index contributed by atoms with van der Waals surface area (Å²) in [4.78, 5) is 7.67. The lowest BCUT2D eigenvalue weighted by Crippen LogP contribution is -1.80. The molecule has 0 aliphatic carbocycles. The predicted molar refractivity (Wildman–Crippen MR) is 91.7 cm³/mol. The van der Waals surface area contributed by atoms with Gasteiger partial charge in [0.1, 0.15) is 17.3 Å². The second-order valence-electron chi connectivity index (χ2n) is 5.18. The molecule has 2 nitrogen and oxygen atoms in total. The zero-order valence-electron chi connectivity index (χ0n) is 12.3. The van der Waals surface area contributed by atoms with Gasteiger partial charge in [-0.3, -0.25) is 0 Å². The molecule has 4 rings (SSSR count). The van der Waals surface area contributed by atoms with Crippen LogP contribution < -0.4 is 0 Å². The maximum Gasteiger partial charge on any atom is 0.170 e. The number of aromatic amines is 1. The summed E-state index contributed by atoms with van der Waals surface area (Å²) in [7, 11) is 0. The van der Waals surface area contributed by atoms with Crippen molar-refractivity contribution in [1.82, 2.24) is 9.97 Å². The Kier molecular flexibility index (Phi) is 3.60. The van der Waals surface area contributed by atoms with Crippen LogP contribution in [0.1, 0.15) is 10.6 Å². The van der Waals surface area contributed by atoms with E-state index in [9.17, 15) is 8.78 Å². The minimum atomic E-state index is -0.281. The zero-order valence-corrected chi connectivity index (χ0v) is 13.1. The molecule has 0 unspecified atom stereocenters. The van der Waals surface area contributed by atoms with E-state index in [0.29, 0.717) is 5.01 Å². The summed E-state index contributed by atoms with van der Waals surface area (Å²) >= 11 is 1.47. The van der Waals surface area contributed by atoms with Gasteiger partial charge in [-0.2, -0.15) is 0 Å². The zero-order chi connectivity index (χ0) is 16.5. The Morgan fingerprint density at radius 2 is 1.54 bits per heavy atom. The van der Waals surface area contributed by atoms with Crippen molar-refractivity contribution in [3.63, 3.8) is 0 Å². The first-order valence-electron chi connectivity index (χ1n) is 7.20. The van der Waals surface area contributed by atoms with E-state index < -0.39 is 0 Å². The van der Waals surface area contributed by atoms with Gasteiger partial charge >= 0.3 is 0 Å². The molecule has 2 aromatic carbocycles. The highest BCUT2D eigenvalue weighted by atomic mass is 32.1. The van der Waals surface area contributed by atoms with Crippen LogP contribution in [0.15, 0.2) is 54.6 Å². The van der Waals surface area contributed by atoms with E-state index in [4.69, 9.17) is 0 Å². The van der Waals surface area contributed by atoms with Gasteiger partial charge < -0.3 is 4.98 Å². The Balaban J connectivity index is 1.62. The largest absolute Gasteiger partial charge is 0.338 e. The number of fused-ring (bicyclic) bond motifs is 1. The summed E-state index contributed by atoms with van der Waals surface area (Å²) < 4.78 is 26.8. The van der Waals surface area contributed by atoms with Gasteiger partial charge in [-0.05, 0) is 66.1 Å². The number of hydrogen-bond donors (Lipinski definition) is 1. The highest BCUT2D eigenvalue weighted by molar-refractivity contribution is 7.19. The third kappa shape index (κ3) is 2.92. The topological polar surface area (TPSA) is 28.7 Å². The van der Waals surface area contributed by atoms with Crippen LogP contribution in [0, 0.1) is 23.5 Å². The molecule has 2 aromatic heterocycles. The van der Waals surface area contributed by atoms with Crippen molar-refractivity contribution in [2.45, 2.75) is 0 Å². The highest BCUT2D eigenvalue weighted by Gasteiger charge is 2.08. The molecule has 0 aliphatic heterocycles. The molecule has 2 heterocycles. The molecule has 0 aliphatic rings. The van der Waals surface area contributed by atoms with Crippen LogP contribution in [0.2, 0.25) is 0 Å². The van der Waals surface area contributed by atoms with E-state index in [1.54, 1.807) is 24.3 Å². The molecule has 4 aromatic rings. The van der Waals surface area contributed by atoms with Crippen molar-refractivity contribution in [2.75, 3.05) is 0 Å². The van der Waals surface area contributed by atoms with E-state index >= 15 is 0 Å². The third-order valence-corrected chi connectivity index (χ3v) is 4.41. The molecule has 0 saturated heterocycles. The molecule has 5 heteroatoms. The summed E-state index contributed by atoms with van der Waals surface area (Å²) in [5.74, 6) is 5.41. The Labute approximate surface area is 140 Å². The summed E-state index contributed by atoms with van der Waals surface area (Å²) in [6.07, 6.45) is 0. The van der Waals surface area contributed by atoms with E-state index in [1.807, 2.05) is 6.07 Å². The number of benzene rings is 2.